The van der Waals surface area contributed by atoms with Crippen molar-refractivity contribution in [3.8, 4) is 17.9 Å². The van der Waals surface area contributed by atoms with Gasteiger partial charge in [0.15, 0.2) is 0 Å². The van der Waals surface area contributed by atoms with Crippen molar-refractivity contribution >= 4 is 5.97 Å². The Bertz CT molecular complexity index is 997. The number of benzene rings is 1. The lowest BCUT2D eigenvalue weighted by Crippen LogP contribution is -2.47. The van der Waals surface area contributed by atoms with Crippen LogP contribution < -0.4 is 4.74 Å². The lowest BCUT2D eigenvalue weighted by Gasteiger charge is -2.52. The number of hydrogen-bond donors (Lipinski definition) is 0. The van der Waals surface area contributed by atoms with Gasteiger partial charge >= 0.3 is 5.97 Å². The van der Waals surface area contributed by atoms with Crippen molar-refractivity contribution < 1.29 is 9.53 Å². The number of hydrogen-bond acceptors (Lipinski definition) is 4. The van der Waals surface area contributed by atoms with Gasteiger partial charge in [-0.1, -0.05) is 64.9 Å². The van der Waals surface area contributed by atoms with E-state index in [1.807, 2.05) is 6.07 Å². The number of carbonyl (C=O) groups excluding carboxylic acids is 1. The van der Waals surface area contributed by atoms with Gasteiger partial charge in [-0.05, 0) is 99.5 Å². The summed E-state index contributed by atoms with van der Waals surface area (Å²) in [6.07, 6.45) is 20.9. The van der Waals surface area contributed by atoms with Gasteiger partial charge in [-0.2, -0.15) is 10.5 Å². The maximum Gasteiger partial charge on any atom is 0.317 e. The summed E-state index contributed by atoms with van der Waals surface area (Å²) in [6, 6.07) is 8.28. The van der Waals surface area contributed by atoms with Gasteiger partial charge in [0.05, 0.1) is 11.0 Å². The molecule has 2 bridgehead atoms. The fourth-order valence-electron chi connectivity index (χ4n) is 7.60. The molecule has 0 aliphatic heterocycles. The number of ether oxygens (including phenoxy) is 1. The first kappa shape index (κ1) is 27.7. The van der Waals surface area contributed by atoms with Crippen molar-refractivity contribution in [2.75, 3.05) is 0 Å². The van der Waals surface area contributed by atoms with Crippen LogP contribution in [0.1, 0.15) is 152 Å². The zero-order valence-electron chi connectivity index (χ0n) is 23.2. The summed E-state index contributed by atoms with van der Waals surface area (Å²) in [5.41, 5.74) is 1.65. The molecule has 4 fully saturated rings. The van der Waals surface area contributed by atoms with E-state index in [4.69, 9.17) is 4.74 Å². The summed E-state index contributed by atoms with van der Waals surface area (Å²) in [4.78, 5) is 13.5. The Balaban J connectivity index is 1.42. The first-order valence-corrected chi connectivity index (χ1v) is 15.2. The van der Waals surface area contributed by atoms with Crippen LogP contribution in [-0.2, 0) is 4.79 Å². The van der Waals surface area contributed by atoms with E-state index >= 15 is 0 Å². The molecule has 4 saturated carbocycles. The van der Waals surface area contributed by atoms with Gasteiger partial charge in [0.2, 0.25) is 0 Å². The van der Waals surface area contributed by atoms with E-state index < -0.39 is 5.41 Å². The minimum absolute atomic E-state index is 0.185. The fourth-order valence-corrected chi connectivity index (χ4v) is 7.60. The molecule has 5 rings (SSSR count). The lowest BCUT2D eigenvalue weighted by molar-refractivity contribution is -0.156. The second kappa shape index (κ2) is 12.5. The van der Waals surface area contributed by atoms with Crippen LogP contribution in [0.5, 0.6) is 5.75 Å². The van der Waals surface area contributed by atoms with Crippen LogP contribution in [0.2, 0.25) is 0 Å². The molecular weight excluding hydrogens is 456 g/mol. The number of carbonyl (C=O) groups is 1. The molecule has 0 N–H and O–H groups in total. The Morgan fingerprint density at radius 2 is 1.49 bits per heavy atom. The second-order valence-corrected chi connectivity index (χ2v) is 12.5. The van der Waals surface area contributed by atoms with E-state index in [1.54, 1.807) is 6.07 Å². The quantitative estimate of drug-likeness (QED) is 0.172. The first-order valence-electron chi connectivity index (χ1n) is 15.2. The monoisotopic (exact) mass is 502 g/mol. The van der Waals surface area contributed by atoms with E-state index in [0.717, 1.165) is 62.8 Å². The van der Waals surface area contributed by atoms with Crippen LogP contribution in [0, 0.1) is 39.4 Å². The summed E-state index contributed by atoms with van der Waals surface area (Å²) in [5.74, 6) is 1.19. The van der Waals surface area contributed by atoms with Crippen molar-refractivity contribution in [1.82, 2.24) is 0 Å². The second-order valence-electron chi connectivity index (χ2n) is 12.5. The average molecular weight is 503 g/mol. The van der Waals surface area contributed by atoms with Crippen LogP contribution in [0.3, 0.4) is 0 Å². The topological polar surface area (TPSA) is 73.9 Å². The van der Waals surface area contributed by atoms with Crippen LogP contribution >= 0.6 is 0 Å². The van der Waals surface area contributed by atoms with Crippen LogP contribution in [0.15, 0.2) is 12.1 Å². The number of fused-ring (bicyclic) bond motifs is 3. The van der Waals surface area contributed by atoms with Crippen LogP contribution in [-0.4, -0.2) is 5.97 Å². The predicted octanol–water partition coefficient (Wildman–Crippen LogP) is 9.11. The Morgan fingerprint density at radius 1 is 0.865 bits per heavy atom. The van der Waals surface area contributed by atoms with Crippen molar-refractivity contribution in [1.29, 1.82) is 10.5 Å². The molecule has 0 aromatic heterocycles. The van der Waals surface area contributed by atoms with Gasteiger partial charge in [-0.25, -0.2) is 0 Å². The lowest BCUT2D eigenvalue weighted by atomic mass is 9.52. The Hall–Kier alpha value is -2.33. The summed E-state index contributed by atoms with van der Waals surface area (Å²) in [5, 5.41) is 20.1. The maximum atomic E-state index is 13.5. The minimum atomic E-state index is -0.416. The zero-order valence-corrected chi connectivity index (χ0v) is 23.2. The molecule has 1 aromatic rings. The highest BCUT2D eigenvalue weighted by atomic mass is 16.5. The fraction of sp³-hybridized carbons (Fsp3) is 0.727. The molecule has 200 valence electrons. The van der Waals surface area contributed by atoms with E-state index in [2.05, 4.69) is 26.0 Å². The smallest absolute Gasteiger partial charge is 0.317 e. The third kappa shape index (κ3) is 6.06. The normalized spacial score (nSPS) is 28.9. The number of rotatable bonds is 11. The summed E-state index contributed by atoms with van der Waals surface area (Å²) < 4.78 is 5.97. The van der Waals surface area contributed by atoms with Gasteiger partial charge in [0, 0.05) is 0 Å². The Labute approximate surface area is 224 Å². The summed E-state index contributed by atoms with van der Waals surface area (Å²) in [6.45, 7) is 4.50. The number of unbranched alkanes of at least 4 members (excludes halogenated alkanes) is 4. The molecule has 0 spiro atoms. The largest absolute Gasteiger partial charge is 0.425 e. The van der Waals surface area contributed by atoms with E-state index in [1.165, 1.54) is 64.2 Å². The molecule has 1 aromatic carbocycles. The molecule has 0 heterocycles. The highest BCUT2D eigenvalue weighted by molar-refractivity contribution is 5.80. The zero-order chi connectivity index (χ0) is 26.3. The van der Waals surface area contributed by atoms with Crippen molar-refractivity contribution in [3.63, 3.8) is 0 Å². The summed E-state index contributed by atoms with van der Waals surface area (Å²) >= 11 is 0. The standard InChI is InChI=1S/C33H46N2O2/c1-3-5-7-9-25-10-12-26(13-11-25)27-14-15-30(29(24-35)28(27)23-34)37-31(36)33-20-17-32(18-21-33,19-22-33)16-8-6-4-2/h14-15,25-26H,3-13,16-22H2,1-2H3/t25-,26-,32?,33?. The number of nitriles is 2. The Morgan fingerprint density at radius 3 is 2.08 bits per heavy atom. The molecule has 4 aliphatic carbocycles. The molecule has 0 saturated heterocycles. The maximum absolute atomic E-state index is 13.5. The van der Waals surface area contributed by atoms with Crippen molar-refractivity contribution in [2.24, 2.45) is 16.7 Å². The molecule has 0 atom stereocenters. The van der Waals surface area contributed by atoms with Crippen LogP contribution in [0.4, 0.5) is 0 Å². The summed E-state index contributed by atoms with van der Waals surface area (Å²) in [7, 11) is 0. The van der Waals surface area contributed by atoms with Gasteiger partial charge in [0.25, 0.3) is 0 Å². The van der Waals surface area contributed by atoms with Crippen LogP contribution in [0.25, 0.3) is 0 Å². The molecule has 0 amide bonds. The molecule has 0 unspecified atom stereocenters. The van der Waals surface area contributed by atoms with E-state index in [0.29, 0.717) is 16.9 Å². The third-order valence-corrected chi connectivity index (χ3v) is 10.3. The average Bonchev–Trinajstić information content (AvgIpc) is 2.94. The SMILES string of the molecule is CCCCCC12CCC(C(=O)Oc3ccc([C@H]4CC[C@H](CCCCC)CC4)c(C#N)c3C#N)(CC1)CC2. The van der Waals surface area contributed by atoms with E-state index in [-0.39, 0.29) is 17.3 Å². The number of nitrogens with zero attached hydrogens (tertiary/aromatic N) is 2. The highest BCUT2D eigenvalue weighted by Crippen LogP contribution is 2.59. The molecule has 37 heavy (non-hydrogen) atoms. The molecule has 4 nitrogen and oxygen atoms in total. The molecule has 4 aliphatic rings. The van der Waals surface area contributed by atoms with Gasteiger partial charge < -0.3 is 4.74 Å². The molecule has 4 heteroatoms. The molecular formula is C33H46N2O2. The third-order valence-electron chi connectivity index (χ3n) is 10.3. The minimum Gasteiger partial charge on any atom is -0.425 e. The van der Waals surface area contributed by atoms with Crippen molar-refractivity contribution in [3.05, 3.63) is 28.8 Å². The van der Waals surface area contributed by atoms with Gasteiger partial charge in [-0.15, -0.1) is 0 Å². The Kier molecular flexibility index (Phi) is 9.34. The molecule has 0 radical (unpaired) electrons. The predicted molar refractivity (Wildman–Crippen MR) is 147 cm³/mol. The van der Waals surface area contributed by atoms with Gasteiger partial charge in [0.1, 0.15) is 23.5 Å². The van der Waals surface area contributed by atoms with Crippen molar-refractivity contribution in [2.45, 2.75) is 135 Å². The first-order chi connectivity index (χ1) is 18.0. The van der Waals surface area contributed by atoms with E-state index in [9.17, 15) is 15.3 Å². The highest BCUT2D eigenvalue weighted by Gasteiger charge is 2.53. The van der Waals surface area contributed by atoms with Gasteiger partial charge in [-0.3, -0.25) is 4.79 Å². The number of esters is 1.